The first kappa shape index (κ1) is 18.1. The maximum absolute atomic E-state index is 12.0. The van der Waals surface area contributed by atoms with Crippen LogP contribution < -0.4 is 5.32 Å². The Morgan fingerprint density at radius 1 is 1.27 bits per heavy atom. The van der Waals surface area contributed by atoms with Crippen molar-refractivity contribution in [2.75, 3.05) is 41.3 Å². The van der Waals surface area contributed by atoms with Crippen LogP contribution in [-0.2, 0) is 4.79 Å². The fourth-order valence-corrected chi connectivity index (χ4v) is 2.13. The van der Waals surface area contributed by atoms with Crippen LogP contribution in [0.2, 0.25) is 0 Å². The molecule has 1 aliphatic heterocycles. The summed E-state index contributed by atoms with van der Waals surface area (Å²) in [5, 5.41) is 5.66. The molecule has 0 fully saturated rings. The number of carbonyl (C=O) groups is 1. The Kier molecular flexibility index (Phi) is 6.98. The highest BCUT2D eigenvalue weighted by atomic mass is 16.2. The van der Waals surface area contributed by atoms with Gasteiger partial charge in [-0.3, -0.25) is 4.79 Å². The number of hydrogen-bond donors (Lipinski definition) is 1. The second-order valence-electron chi connectivity index (χ2n) is 6.52. The second kappa shape index (κ2) is 8.48. The lowest BCUT2D eigenvalue weighted by Crippen LogP contribution is -2.35. The Morgan fingerprint density at radius 3 is 2.59 bits per heavy atom. The number of unbranched alkanes of at least 4 members (excludes halogenated alkanes) is 2. The SMILES string of the molecule is CN1C=C(C(=O)NCCCCC[N+](C)(C)C)C=CC1=CN=O. The summed E-state index contributed by atoms with van der Waals surface area (Å²) in [5.41, 5.74) is 1.24. The third kappa shape index (κ3) is 6.67. The molecule has 0 atom stereocenters. The number of nitrogens with zero attached hydrogens (tertiary/aromatic N) is 3. The molecule has 0 saturated carbocycles. The van der Waals surface area contributed by atoms with E-state index in [2.05, 4.69) is 31.6 Å². The molecule has 0 aromatic rings. The van der Waals surface area contributed by atoms with E-state index in [1.807, 2.05) is 0 Å². The number of carbonyl (C=O) groups excluding carboxylic acids is 1. The van der Waals surface area contributed by atoms with Gasteiger partial charge in [0, 0.05) is 19.8 Å². The molecule has 6 heteroatoms. The van der Waals surface area contributed by atoms with Gasteiger partial charge in [0.1, 0.15) is 0 Å². The van der Waals surface area contributed by atoms with Crippen molar-refractivity contribution < 1.29 is 9.28 Å². The minimum absolute atomic E-state index is 0.0900. The van der Waals surface area contributed by atoms with Crippen LogP contribution in [0.25, 0.3) is 0 Å². The number of likely N-dealkylation sites (N-methyl/N-ethyl adjacent to an activating group) is 1. The predicted molar refractivity (Wildman–Crippen MR) is 88.6 cm³/mol. The lowest BCUT2D eigenvalue weighted by molar-refractivity contribution is -0.870. The molecule has 0 aromatic heterocycles. The molecule has 1 rings (SSSR count). The van der Waals surface area contributed by atoms with Crippen molar-refractivity contribution in [3.8, 4) is 0 Å². The van der Waals surface area contributed by atoms with E-state index in [1.165, 1.54) is 6.20 Å². The summed E-state index contributed by atoms with van der Waals surface area (Å²) in [7, 11) is 8.33. The Hall–Kier alpha value is -1.95. The van der Waals surface area contributed by atoms with Gasteiger partial charge in [0.05, 0.1) is 45.2 Å². The first-order valence-corrected chi connectivity index (χ1v) is 7.57. The van der Waals surface area contributed by atoms with Crippen LogP contribution in [0.5, 0.6) is 0 Å². The van der Waals surface area contributed by atoms with Crippen molar-refractivity contribution in [1.82, 2.24) is 10.2 Å². The van der Waals surface area contributed by atoms with Gasteiger partial charge in [0.25, 0.3) is 5.91 Å². The molecule has 0 bridgehead atoms. The van der Waals surface area contributed by atoms with Crippen molar-refractivity contribution in [1.29, 1.82) is 0 Å². The maximum Gasteiger partial charge on any atom is 0.252 e. The van der Waals surface area contributed by atoms with Crippen molar-refractivity contribution >= 4 is 5.91 Å². The van der Waals surface area contributed by atoms with Crippen LogP contribution in [0, 0.1) is 4.91 Å². The highest BCUT2D eigenvalue weighted by Crippen LogP contribution is 2.15. The van der Waals surface area contributed by atoms with Gasteiger partial charge in [-0.2, -0.15) is 0 Å². The molecule has 0 aliphatic carbocycles. The van der Waals surface area contributed by atoms with Gasteiger partial charge in [0.15, 0.2) is 0 Å². The van der Waals surface area contributed by atoms with Crippen molar-refractivity contribution in [3.05, 3.63) is 40.7 Å². The summed E-state index contributed by atoms with van der Waals surface area (Å²) >= 11 is 0. The minimum Gasteiger partial charge on any atom is -0.352 e. The predicted octanol–water partition coefficient (Wildman–Crippen LogP) is 1.97. The summed E-state index contributed by atoms with van der Waals surface area (Å²) in [6.45, 7) is 1.83. The van der Waals surface area contributed by atoms with Crippen molar-refractivity contribution in [2.24, 2.45) is 5.18 Å². The molecule has 1 aliphatic rings. The molecule has 1 heterocycles. The van der Waals surface area contributed by atoms with Gasteiger partial charge < -0.3 is 14.7 Å². The average molecular weight is 307 g/mol. The second-order valence-corrected chi connectivity index (χ2v) is 6.52. The molecule has 1 amide bonds. The molecule has 1 N–H and O–H groups in total. The van der Waals surface area contributed by atoms with E-state index < -0.39 is 0 Å². The molecule has 0 unspecified atom stereocenters. The molecule has 122 valence electrons. The smallest absolute Gasteiger partial charge is 0.252 e. The molecule has 0 spiro atoms. The molecule has 0 aromatic carbocycles. The van der Waals surface area contributed by atoms with Crippen LogP contribution in [-0.4, -0.2) is 56.6 Å². The zero-order valence-electron chi connectivity index (χ0n) is 14.0. The van der Waals surface area contributed by atoms with E-state index in [9.17, 15) is 9.70 Å². The molecule has 22 heavy (non-hydrogen) atoms. The van der Waals surface area contributed by atoms with Crippen LogP contribution in [0.3, 0.4) is 0 Å². The van der Waals surface area contributed by atoms with E-state index in [4.69, 9.17) is 0 Å². The lowest BCUT2D eigenvalue weighted by Gasteiger charge is -2.23. The molecule has 6 nitrogen and oxygen atoms in total. The van der Waals surface area contributed by atoms with Gasteiger partial charge in [-0.25, -0.2) is 0 Å². The number of rotatable bonds is 8. The number of hydrogen-bond acceptors (Lipinski definition) is 4. The summed E-state index contributed by atoms with van der Waals surface area (Å²) in [5.74, 6) is -0.0900. The Morgan fingerprint density at radius 2 is 2.00 bits per heavy atom. The summed E-state index contributed by atoms with van der Waals surface area (Å²) < 4.78 is 0.974. The first-order valence-electron chi connectivity index (χ1n) is 7.57. The molecule has 0 saturated heterocycles. The lowest BCUT2D eigenvalue weighted by atomic mass is 10.1. The fourth-order valence-electron chi connectivity index (χ4n) is 2.13. The largest absolute Gasteiger partial charge is 0.352 e. The van der Waals surface area contributed by atoms with Gasteiger partial charge >= 0.3 is 0 Å². The van der Waals surface area contributed by atoms with Crippen LogP contribution in [0.1, 0.15) is 19.3 Å². The van der Waals surface area contributed by atoms with Gasteiger partial charge in [-0.15, -0.1) is 4.91 Å². The van der Waals surface area contributed by atoms with Gasteiger partial charge in [-0.05, 0) is 36.6 Å². The van der Waals surface area contributed by atoms with Gasteiger partial charge in [0.2, 0.25) is 0 Å². The van der Waals surface area contributed by atoms with Crippen LogP contribution in [0.4, 0.5) is 0 Å². The summed E-state index contributed by atoms with van der Waals surface area (Å²) in [6, 6.07) is 0. The number of amides is 1. The summed E-state index contributed by atoms with van der Waals surface area (Å²) in [6.07, 6.45) is 9.58. The summed E-state index contributed by atoms with van der Waals surface area (Å²) in [4.78, 5) is 24.0. The molecular weight excluding hydrogens is 280 g/mol. The van der Waals surface area contributed by atoms with Crippen molar-refractivity contribution in [3.63, 3.8) is 0 Å². The topological polar surface area (TPSA) is 61.8 Å². The Labute approximate surface area is 132 Å². The molecule has 0 radical (unpaired) electrons. The standard InChI is InChI=1S/C16H26N4O2/c1-19-13-14(8-9-15(19)12-18-22)16(21)17-10-6-5-7-11-20(2,3)4/h8-9,12-13H,5-7,10-11H2,1-4H3/p+1. The fraction of sp³-hybridized carbons (Fsp3) is 0.562. The number of nitrogens with one attached hydrogen (secondary N) is 1. The monoisotopic (exact) mass is 307 g/mol. The first-order chi connectivity index (χ1) is 10.3. The minimum atomic E-state index is -0.0900. The maximum atomic E-state index is 12.0. The number of nitroso groups, excluding NO2 is 1. The van der Waals surface area contributed by atoms with Crippen LogP contribution in [0.15, 0.2) is 41.0 Å². The van der Waals surface area contributed by atoms with Gasteiger partial charge in [-0.1, -0.05) is 0 Å². The van der Waals surface area contributed by atoms with Crippen LogP contribution >= 0.6 is 0 Å². The zero-order valence-corrected chi connectivity index (χ0v) is 14.0. The normalized spacial score (nSPS) is 16.6. The van der Waals surface area contributed by atoms with E-state index in [0.29, 0.717) is 17.8 Å². The Bertz CT molecular complexity index is 487. The third-order valence-corrected chi connectivity index (χ3v) is 3.41. The third-order valence-electron chi connectivity index (χ3n) is 3.41. The van der Waals surface area contributed by atoms with E-state index in [0.717, 1.165) is 30.3 Å². The zero-order chi connectivity index (χ0) is 16.6. The highest BCUT2D eigenvalue weighted by molar-refractivity contribution is 5.96. The average Bonchev–Trinajstić information content (AvgIpc) is 2.43. The van der Waals surface area contributed by atoms with E-state index >= 15 is 0 Å². The van der Waals surface area contributed by atoms with E-state index in [1.54, 1.807) is 30.3 Å². The van der Waals surface area contributed by atoms with E-state index in [-0.39, 0.29) is 5.91 Å². The quantitative estimate of drug-likeness (QED) is 0.424. The number of allylic oxidation sites excluding steroid dienone is 1. The molecular formula is C16H27N4O2+. The highest BCUT2D eigenvalue weighted by Gasteiger charge is 2.13. The van der Waals surface area contributed by atoms with Crippen molar-refractivity contribution in [2.45, 2.75) is 19.3 Å². The Balaban J connectivity index is 2.29. The number of quaternary nitrogens is 1.